The third kappa shape index (κ3) is 5.06. The first-order valence-electron chi connectivity index (χ1n) is 13.2. The van der Waals surface area contributed by atoms with E-state index in [0.29, 0.717) is 51.4 Å². The minimum atomic E-state index is -0.596. The number of hydrogen-bond acceptors (Lipinski definition) is 7. The molecule has 10 heteroatoms. The molecule has 6 rings (SSSR count). The summed E-state index contributed by atoms with van der Waals surface area (Å²) in [5, 5.41) is 5.32. The van der Waals surface area contributed by atoms with E-state index >= 15 is 0 Å². The number of anilines is 1. The van der Waals surface area contributed by atoms with Crippen LogP contribution in [-0.4, -0.2) is 39.8 Å². The molecule has 3 heterocycles. The summed E-state index contributed by atoms with van der Waals surface area (Å²) in [6.45, 7) is 5.70. The molecule has 0 N–H and O–H groups in total. The number of aromatic nitrogens is 2. The Hall–Kier alpha value is -2.94. The lowest BCUT2D eigenvalue weighted by molar-refractivity contribution is -0.126. The van der Waals surface area contributed by atoms with Gasteiger partial charge in [-0.15, -0.1) is 0 Å². The van der Waals surface area contributed by atoms with Gasteiger partial charge in [-0.1, -0.05) is 34.4 Å². The van der Waals surface area contributed by atoms with Gasteiger partial charge in [0.05, 0.1) is 34.2 Å². The van der Waals surface area contributed by atoms with Crippen LogP contribution in [0, 0.1) is 5.92 Å². The molecule has 39 heavy (non-hydrogen) atoms. The maximum absolute atomic E-state index is 13.4. The number of esters is 1. The molecule has 2 saturated carbocycles. The third-order valence-electron chi connectivity index (χ3n) is 7.44. The van der Waals surface area contributed by atoms with Gasteiger partial charge in [-0.2, -0.15) is 0 Å². The van der Waals surface area contributed by atoms with Gasteiger partial charge in [-0.25, -0.2) is 9.78 Å². The molecule has 1 saturated heterocycles. The highest BCUT2D eigenvalue weighted by Crippen LogP contribution is 2.47. The predicted molar refractivity (Wildman–Crippen MR) is 146 cm³/mol. The molecule has 8 nitrogen and oxygen atoms in total. The number of hydrogen-bond donors (Lipinski definition) is 0. The van der Waals surface area contributed by atoms with Crippen LogP contribution in [0.15, 0.2) is 41.1 Å². The van der Waals surface area contributed by atoms with Gasteiger partial charge < -0.3 is 14.0 Å². The van der Waals surface area contributed by atoms with Crippen molar-refractivity contribution in [3.8, 4) is 11.3 Å². The van der Waals surface area contributed by atoms with Crippen molar-refractivity contribution in [1.82, 2.24) is 10.1 Å². The Morgan fingerprint density at radius 1 is 1.13 bits per heavy atom. The lowest BCUT2D eigenvalue weighted by atomic mass is 10.0. The number of rotatable bonds is 7. The van der Waals surface area contributed by atoms with Crippen molar-refractivity contribution in [2.75, 3.05) is 4.90 Å². The highest BCUT2D eigenvalue weighted by atomic mass is 35.5. The first-order valence-corrected chi connectivity index (χ1v) is 13.9. The van der Waals surface area contributed by atoms with Crippen molar-refractivity contribution in [2.45, 2.75) is 76.7 Å². The minimum Gasteiger partial charge on any atom is -0.456 e. The van der Waals surface area contributed by atoms with Crippen molar-refractivity contribution in [3.63, 3.8) is 0 Å². The molecule has 1 aromatic carbocycles. The largest absolute Gasteiger partial charge is 0.456 e. The van der Waals surface area contributed by atoms with E-state index < -0.39 is 11.6 Å². The zero-order valence-electron chi connectivity index (χ0n) is 21.9. The summed E-state index contributed by atoms with van der Waals surface area (Å²) < 4.78 is 17.5. The summed E-state index contributed by atoms with van der Waals surface area (Å²) in [4.78, 5) is 31.8. The molecular weight excluding hydrogens is 541 g/mol. The second kappa shape index (κ2) is 9.91. The molecule has 0 spiro atoms. The molecule has 2 bridgehead atoms. The summed E-state index contributed by atoms with van der Waals surface area (Å²) in [6, 6.07) is 8.67. The first kappa shape index (κ1) is 26.3. The zero-order valence-corrected chi connectivity index (χ0v) is 23.5. The Morgan fingerprint density at radius 3 is 2.49 bits per heavy atom. The van der Waals surface area contributed by atoms with Gasteiger partial charge in [0.25, 0.3) is 0 Å². The van der Waals surface area contributed by atoms with E-state index in [-0.39, 0.29) is 30.6 Å². The molecule has 1 aliphatic heterocycles. The normalized spacial score (nSPS) is 22.5. The average molecular weight is 570 g/mol. The quantitative estimate of drug-likeness (QED) is 0.296. The standard InChI is InChI=1S/C29H29Cl2N3O5/c1-29(2,3)38-28(36)16-9-10-23(32-13-16)34-17-11-18(27(34)35)22(12-17)37-14-19-25(33-39-26(19)15-7-8-15)24-20(30)5-4-6-21(24)31/h4-6,9-10,13,15,17-18,22H,7-8,11-12,14H2,1-3H3/t17-,18+,22+/m0/s1. The van der Waals surface area contributed by atoms with E-state index in [9.17, 15) is 9.59 Å². The fourth-order valence-corrected chi connectivity index (χ4v) is 6.09. The Balaban J connectivity index is 1.16. The smallest absolute Gasteiger partial charge is 0.340 e. The Morgan fingerprint density at radius 2 is 1.87 bits per heavy atom. The van der Waals surface area contributed by atoms with Crippen molar-refractivity contribution < 1.29 is 23.6 Å². The van der Waals surface area contributed by atoms with Crippen molar-refractivity contribution in [2.24, 2.45) is 5.92 Å². The van der Waals surface area contributed by atoms with Gasteiger partial charge >= 0.3 is 5.97 Å². The number of nitrogens with zero attached hydrogens (tertiary/aromatic N) is 3. The van der Waals surface area contributed by atoms with Crippen LogP contribution in [-0.2, 0) is 20.9 Å². The number of halogens is 2. The number of carbonyl (C=O) groups is 2. The van der Waals surface area contributed by atoms with Crippen LogP contribution in [0.25, 0.3) is 11.3 Å². The molecular formula is C29H29Cl2N3O5. The number of carbonyl (C=O) groups excluding carboxylic acids is 2. The molecule has 2 aliphatic carbocycles. The number of pyridine rings is 1. The molecule has 204 valence electrons. The van der Waals surface area contributed by atoms with Crippen LogP contribution >= 0.6 is 23.2 Å². The van der Waals surface area contributed by atoms with Crippen LogP contribution in [0.5, 0.6) is 0 Å². The molecule has 3 aliphatic rings. The van der Waals surface area contributed by atoms with Gasteiger partial charge in [0, 0.05) is 29.3 Å². The maximum Gasteiger partial charge on any atom is 0.340 e. The van der Waals surface area contributed by atoms with E-state index in [0.717, 1.165) is 24.2 Å². The van der Waals surface area contributed by atoms with Gasteiger partial charge in [-0.3, -0.25) is 9.69 Å². The van der Waals surface area contributed by atoms with Crippen LogP contribution < -0.4 is 4.90 Å². The van der Waals surface area contributed by atoms with Gasteiger partial charge in [-0.05, 0) is 70.7 Å². The number of ether oxygens (including phenoxy) is 2. The number of amides is 1. The summed E-state index contributed by atoms with van der Waals surface area (Å²) in [5.41, 5.74) is 1.82. The first-order chi connectivity index (χ1) is 18.6. The van der Waals surface area contributed by atoms with Gasteiger partial charge in [0.15, 0.2) is 0 Å². The van der Waals surface area contributed by atoms with Crippen LogP contribution in [0.2, 0.25) is 10.0 Å². The molecule has 1 amide bonds. The highest BCUT2D eigenvalue weighted by molar-refractivity contribution is 6.39. The fraction of sp³-hybridized carbons (Fsp3) is 0.448. The van der Waals surface area contributed by atoms with E-state index in [4.69, 9.17) is 37.2 Å². The molecule has 2 aromatic heterocycles. The summed E-state index contributed by atoms with van der Waals surface area (Å²) in [7, 11) is 0. The zero-order chi connectivity index (χ0) is 27.5. The highest BCUT2D eigenvalue weighted by Gasteiger charge is 2.52. The third-order valence-corrected chi connectivity index (χ3v) is 8.07. The lowest BCUT2D eigenvalue weighted by Crippen LogP contribution is -2.43. The van der Waals surface area contributed by atoms with E-state index in [2.05, 4.69) is 10.1 Å². The average Bonchev–Trinajstić information content (AvgIpc) is 3.38. The van der Waals surface area contributed by atoms with Crippen molar-refractivity contribution >= 4 is 40.9 Å². The minimum absolute atomic E-state index is 0.0177. The van der Waals surface area contributed by atoms with Crippen LogP contribution in [0.4, 0.5) is 5.82 Å². The summed E-state index contributed by atoms with van der Waals surface area (Å²) in [6.07, 6.45) is 4.71. The van der Waals surface area contributed by atoms with Crippen LogP contribution in [0.1, 0.15) is 74.1 Å². The number of benzene rings is 1. The SMILES string of the molecule is CC(C)(C)OC(=O)c1ccc(N2C(=O)[C@@H]3C[C@H]2C[C@H]3OCc2c(-c3c(Cl)cccc3Cl)noc2C2CC2)nc1. The second-order valence-corrected chi connectivity index (χ2v) is 12.3. The fourth-order valence-electron chi connectivity index (χ4n) is 5.51. The Kier molecular flexibility index (Phi) is 6.68. The topological polar surface area (TPSA) is 94.8 Å². The van der Waals surface area contributed by atoms with E-state index in [1.54, 1.807) is 35.2 Å². The number of fused-ring (bicyclic) bond motifs is 2. The van der Waals surface area contributed by atoms with Crippen molar-refractivity contribution in [3.05, 3.63) is 63.5 Å². The Labute approximate surface area is 236 Å². The maximum atomic E-state index is 13.4. The summed E-state index contributed by atoms with van der Waals surface area (Å²) >= 11 is 13.0. The van der Waals surface area contributed by atoms with E-state index in [1.807, 2.05) is 20.8 Å². The monoisotopic (exact) mass is 569 g/mol. The van der Waals surface area contributed by atoms with Crippen LogP contribution in [0.3, 0.4) is 0 Å². The number of piperidine rings is 1. The molecule has 0 radical (unpaired) electrons. The summed E-state index contributed by atoms with van der Waals surface area (Å²) in [5.74, 6) is 0.934. The molecule has 3 fully saturated rings. The molecule has 3 aromatic rings. The van der Waals surface area contributed by atoms with Gasteiger partial charge in [0.2, 0.25) is 5.91 Å². The predicted octanol–water partition coefficient (Wildman–Crippen LogP) is 6.59. The molecule has 3 atom stereocenters. The van der Waals surface area contributed by atoms with Crippen molar-refractivity contribution in [1.29, 1.82) is 0 Å². The van der Waals surface area contributed by atoms with E-state index in [1.165, 1.54) is 6.20 Å². The van der Waals surface area contributed by atoms with Gasteiger partial charge in [0.1, 0.15) is 22.9 Å². The second-order valence-electron chi connectivity index (χ2n) is 11.4. The lowest BCUT2D eigenvalue weighted by Gasteiger charge is -2.30. The molecule has 0 unspecified atom stereocenters. The Bertz CT molecular complexity index is 1410.